The van der Waals surface area contributed by atoms with Crippen molar-refractivity contribution in [2.45, 2.75) is 39.7 Å². The highest BCUT2D eigenvalue weighted by Gasteiger charge is 2.46. The third-order valence-electron chi connectivity index (χ3n) is 6.19. The molecule has 1 N–H and O–H groups in total. The number of methoxy groups -OCH3 is 2. The first-order valence-electron chi connectivity index (χ1n) is 12.6. The summed E-state index contributed by atoms with van der Waals surface area (Å²) in [6.07, 6.45) is 1.44. The summed E-state index contributed by atoms with van der Waals surface area (Å²) in [5, 5.41) is 11.2. The van der Waals surface area contributed by atoms with Gasteiger partial charge >= 0.3 is 0 Å². The number of aliphatic hydroxyl groups excluding tert-OH is 1. The van der Waals surface area contributed by atoms with Crippen LogP contribution in [0.2, 0.25) is 0 Å². The Labute approximate surface area is 218 Å². The molecule has 200 valence electrons. The van der Waals surface area contributed by atoms with Crippen LogP contribution in [0.5, 0.6) is 17.2 Å². The average Bonchev–Trinajstić information content (AvgIpc) is 3.14. The van der Waals surface area contributed by atoms with Crippen molar-refractivity contribution in [3.8, 4) is 17.2 Å². The van der Waals surface area contributed by atoms with Crippen molar-refractivity contribution in [2.24, 2.45) is 5.92 Å². The molecule has 37 heavy (non-hydrogen) atoms. The van der Waals surface area contributed by atoms with E-state index in [0.29, 0.717) is 67.1 Å². The summed E-state index contributed by atoms with van der Waals surface area (Å²) in [5.74, 6) is 0.600. The lowest BCUT2D eigenvalue weighted by molar-refractivity contribution is -0.140. The van der Waals surface area contributed by atoms with Crippen molar-refractivity contribution < 1.29 is 33.6 Å². The summed E-state index contributed by atoms with van der Waals surface area (Å²) in [4.78, 5) is 27.8. The van der Waals surface area contributed by atoms with Crippen LogP contribution >= 0.6 is 0 Å². The predicted molar refractivity (Wildman–Crippen MR) is 141 cm³/mol. The van der Waals surface area contributed by atoms with Crippen LogP contribution in [0.3, 0.4) is 0 Å². The maximum absolute atomic E-state index is 13.2. The van der Waals surface area contributed by atoms with Crippen molar-refractivity contribution in [1.82, 2.24) is 4.90 Å². The number of ketones is 1. The van der Waals surface area contributed by atoms with Gasteiger partial charge in [-0.25, -0.2) is 0 Å². The second-order valence-electron chi connectivity index (χ2n) is 9.24. The van der Waals surface area contributed by atoms with Gasteiger partial charge in [-0.2, -0.15) is 0 Å². The van der Waals surface area contributed by atoms with Gasteiger partial charge < -0.3 is 29.0 Å². The smallest absolute Gasteiger partial charge is 0.295 e. The van der Waals surface area contributed by atoms with E-state index in [1.165, 1.54) is 4.90 Å². The Balaban J connectivity index is 2.08. The summed E-state index contributed by atoms with van der Waals surface area (Å²) >= 11 is 0. The van der Waals surface area contributed by atoms with Crippen molar-refractivity contribution in [3.05, 3.63) is 59.2 Å². The fraction of sp³-hybridized carbons (Fsp3) is 0.448. The Morgan fingerprint density at radius 3 is 2.35 bits per heavy atom. The van der Waals surface area contributed by atoms with E-state index in [1.807, 2.05) is 13.0 Å². The number of hydrogen-bond acceptors (Lipinski definition) is 7. The lowest BCUT2D eigenvalue weighted by Crippen LogP contribution is -2.31. The molecule has 1 aliphatic heterocycles. The first-order valence-corrected chi connectivity index (χ1v) is 12.6. The standard InChI is InChI=1S/C29H37NO7/c1-6-36-24-18-21(10-13-23(24)37-17-14-19(2)3)26-25(27(31)20-8-11-22(35-5)12-9-20)28(32)29(33)30(26)15-7-16-34-4/h8-13,18-19,26,31H,6-7,14-17H2,1-5H3. The number of nitrogens with zero attached hydrogens (tertiary/aromatic N) is 1. The Kier molecular flexibility index (Phi) is 9.97. The van der Waals surface area contributed by atoms with E-state index in [1.54, 1.807) is 50.6 Å². The number of carbonyl (C=O) groups is 2. The van der Waals surface area contributed by atoms with Crippen molar-refractivity contribution >= 4 is 17.4 Å². The summed E-state index contributed by atoms with van der Waals surface area (Å²) in [7, 11) is 3.13. The Bertz CT molecular complexity index is 1110. The van der Waals surface area contributed by atoms with E-state index in [2.05, 4.69) is 13.8 Å². The van der Waals surface area contributed by atoms with E-state index in [0.717, 1.165) is 6.42 Å². The van der Waals surface area contributed by atoms with Crippen LogP contribution in [0.15, 0.2) is 48.0 Å². The number of rotatable bonds is 13. The van der Waals surface area contributed by atoms with Gasteiger partial charge in [0.15, 0.2) is 11.5 Å². The van der Waals surface area contributed by atoms with Crippen LogP contribution in [0.25, 0.3) is 5.76 Å². The minimum atomic E-state index is -0.789. The van der Waals surface area contributed by atoms with Crippen molar-refractivity contribution in [2.75, 3.05) is 40.6 Å². The molecule has 0 aliphatic carbocycles. The summed E-state index contributed by atoms with van der Waals surface area (Å²) in [6.45, 7) is 7.83. The summed E-state index contributed by atoms with van der Waals surface area (Å²) in [6, 6.07) is 11.3. The van der Waals surface area contributed by atoms with E-state index in [9.17, 15) is 14.7 Å². The number of likely N-dealkylation sites (tertiary alicyclic amines) is 1. The molecule has 0 radical (unpaired) electrons. The monoisotopic (exact) mass is 511 g/mol. The Morgan fingerprint density at radius 1 is 1.00 bits per heavy atom. The average molecular weight is 512 g/mol. The molecular formula is C29H37NO7. The van der Waals surface area contributed by atoms with Gasteiger partial charge in [0.05, 0.1) is 31.9 Å². The van der Waals surface area contributed by atoms with Gasteiger partial charge in [0, 0.05) is 25.8 Å². The molecule has 1 fully saturated rings. The molecule has 0 saturated carbocycles. The lowest BCUT2D eigenvalue weighted by atomic mass is 9.95. The van der Waals surface area contributed by atoms with Gasteiger partial charge in [0.2, 0.25) is 0 Å². The van der Waals surface area contributed by atoms with E-state index >= 15 is 0 Å². The number of amides is 1. The fourth-order valence-corrected chi connectivity index (χ4v) is 4.23. The number of ether oxygens (including phenoxy) is 4. The highest BCUT2D eigenvalue weighted by atomic mass is 16.5. The van der Waals surface area contributed by atoms with Crippen LogP contribution in [0.1, 0.15) is 50.8 Å². The zero-order valence-corrected chi connectivity index (χ0v) is 22.3. The molecule has 1 heterocycles. The maximum atomic E-state index is 13.2. The molecule has 8 heteroatoms. The van der Waals surface area contributed by atoms with E-state index < -0.39 is 17.7 Å². The van der Waals surface area contributed by atoms with E-state index in [4.69, 9.17) is 18.9 Å². The molecule has 0 aromatic heterocycles. The van der Waals surface area contributed by atoms with Gasteiger partial charge in [0.1, 0.15) is 11.5 Å². The highest BCUT2D eigenvalue weighted by Crippen LogP contribution is 2.42. The largest absolute Gasteiger partial charge is 0.507 e. The number of Topliss-reactive ketones (excluding diaryl/α,β-unsaturated/α-hetero) is 1. The van der Waals surface area contributed by atoms with Gasteiger partial charge in [-0.15, -0.1) is 0 Å². The molecule has 1 saturated heterocycles. The lowest BCUT2D eigenvalue weighted by Gasteiger charge is -2.26. The molecule has 1 unspecified atom stereocenters. The quantitative estimate of drug-likeness (QED) is 0.175. The topological polar surface area (TPSA) is 94.5 Å². The van der Waals surface area contributed by atoms with Crippen LogP contribution in [-0.2, 0) is 14.3 Å². The molecule has 1 atom stereocenters. The van der Waals surface area contributed by atoms with Gasteiger partial charge in [-0.3, -0.25) is 9.59 Å². The van der Waals surface area contributed by atoms with Gasteiger partial charge in [-0.05, 0) is 67.6 Å². The molecule has 2 aromatic carbocycles. The van der Waals surface area contributed by atoms with Crippen LogP contribution in [0, 0.1) is 5.92 Å². The second-order valence-corrected chi connectivity index (χ2v) is 9.24. The predicted octanol–water partition coefficient (Wildman–Crippen LogP) is 4.98. The number of carbonyl (C=O) groups excluding carboxylic acids is 2. The van der Waals surface area contributed by atoms with Crippen LogP contribution < -0.4 is 14.2 Å². The second kappa shape index (κ2) is 13.1. The van der Waals surface area contributed by atoms with Crippen LogP contribution in [0.4, 0.5) is 0 Å². The molecule has 3 rings (SSSR count). The van der Waals surface area contributed by atoms with E-state index in [-0.39, 0.29) is 11.3 Å². The normalized spacial score (nSPS) is 16.9. The minimum absolute atomic E-state index is 0.0310. The fourth-order valence-electron chi connectivity index (χ4n) is 4.23. The third kappa shape index (κ3) is 6.63. The molecule has 1 aliphatic rings. The minimum Gasteiger partial charge on any atom is -0.507 e. The molecule has 0 bridgehead atoms. The molecule has 2 aromatic rings. The summed E-state index contributed by atoms with van der Waals surface area (Å²) < 4.78 is 22.2. The van der Waals surface area contributed by atoms with Crippen LogP contribution in [-0.4, -0.2) is 62.3 Å². The SMILES string of the molecule is CCOc1cc(C2C(=C(O)c3ccc(OC)cc3)C(=O)C(=O)N2CCCOC)ccc1OCCC(C)C. The zero-order valence-electron chi connectivity index (χ0n) is 22.3. The molecular weight excluding hydrogens is 474 g/mol. The van der Waals surface area contributed by atoms with Gasteiger partial charge in [-0.1, -0.05) is 19.9 Å². The first kappa shape index (κ1) is 28.1. The maximum Gasteiger partial charge on any atom is 0.295 e. The molecule has 0 spiro atoms. The summed E-state index contributed by atoms with van der Waals surface area (Å²) in [5.41, 5.74) is 1.09. The Morgan fingerprint density at radius 2 is 1.73 bits per heavy atom. The molecule has 8 nitrogen and oxygen atoms in total. The zero-order chi connectivity index (χ0) is 26.9. The highest BCUT2D eigenvalue weighted by molar-refractivity contribution is 6.46. The number of aliphatic hydroxyl groups is 1. The molecule has 1 amide bonds. The first-order chi connectivity index (χ1) is 17.8. The number of hydrogen-bond donors (Lipinski definition) is 1. The number of benzene rings is 2. The van der Waals surface area contributed by atoms with Gasteiger partial charge in [0.25, 0.3) is 11.7 Å². The van der Waals surface area contributed by atoms with Crippen molar-refractivity contribution in [1.29, 1.82) is 0 Å². The Hall–Kier alpha value is -3.52. The third-order valence-corrected chi connectivity index (χ3v) is 6.19. The van der Waals surface area contributed by atoms with Crippen molar-refractivity contribution in [3.63, 3.8) is 0 Å².